The summed E-state index contributed by atoms with van der Waals surface area (Å²) in [6, 6.07) is 8.19. The summed E-state index contributed by atoms with van der Waals surface area (Å²) >= 11 is 0. The van der Waals surface area contributed by atoms with Crippen molar-refractivity contribution in [2.24, 2.45) is 0 Å². The van der Waals surface area contributed by atoms with Crippen LogP contribution in [0.25, 0.3) is 0 Å². The third-order valence-corrected chi connectivity index (χ3v) is 3.12. The minimum absolute atomic E-state index is 0.108. The van der Waals surface area contributed by atoms with Crippen LogP contribution in [0.4, 0.5) is 0 Å². The molecule has 1 N–H and O–H groups in total. The fraction of sp³-hybridized carbons (Fsp3) is 0.333. The van der Waals surface area contributed by atoms with Crippen molar-refractivity contribution < 1.29 is 14.3 Å². The van der Waals surface area contributed by atoms with Crippen molar-refractivity contribution in [2.75, 3.05) is 0 Å². The van der Waals surface area contributed by atoms with Crippen LogP contribution in [0.1, 0.15) is 28.5 Å². The summed E-state index contributed by atoms with van der Waals surface area (Å²) in [6.07, 6.45) is 1.42. The summed E-state index contributed by atoms with van der Waals surface area (Å²) in [4.78, 5) is 14.9. The number of aryl methyl sites for hydroxylation is 4. The summed E-state index contributed by atoms with van der Waals surface area (Å²) in [5.74, 6) is 0.161. The third kappa shape index (κ3) is 3.44. The monoisotopic (exact) mass is 259 g/mol. The second kappa shape index (κ2) is 5.69. The molecule has 1 aromatic heterocycles. The Balaban J connectivity index is 2.04. The van der Waals surface area contributed by atoms with Crippen LogP contribution < -0.4 is 0 Å². The molecule has 100 valence electrons. The fourth-order valence-corrected chi connectivity index (χ4v) is 2.03. The van der Waals surface area contributed by atoms with Gasteiger partial charge in [-0.15, -0.1) is 0 Å². The van der Waals surface area contributed by atoms with Gasteiger partial charge in [-0.05, 0) is 31.4 Å². The predicted octanol–water partition coefficient (Wildman–Crippen LogP) is 2.70. The van der Waals surface area contributed by atoms with E-state index in [4.69, 9.17) is 9.52 Å². The summed E-state index contributed by atoms with van der Waals surface area (Å²) in [7, 11) is 0. The fourth-order valence-electron chi connectivity index (χ4n) is 2.03. The van der Waals surface area contributed by atoms with Gasteiger partial charge in [0, 0.05) is 6.42 Å². The summed E-state index contributed by atoms with van der Waals surface area (Å²) in [5.41, 5.74) is 3.18. The molecule has 0 fully saturated rings. The average Bonchev–Trinajstić information content (AvgIpc) is 2.68. The molecule has 2 aromatic rings. The second-order valence-corrected chi connectivity index (χ2v) is 4.61. The van der Waals surface area contributed by atoms with Crippen LogP contribution in [-0.2, 0) is 24.1 Å². The van der Waals surface area contributed by atoms with E-state index in [2.05, 4.69) is 24.0 Å². The molecular formula is C15H17NO3. The zero-order chi connectivity index (χ0) is 13.8. The largest absolute Gasteiger partial charge is 0.481 e. The van der Waals surface area contributed by atoms with Crippen molar-refractivity contribution in [1.29, 1.82) is 0 Å². The van der Waals surface area contributed by atoms with Gasteiger partial charge in [0.1, 0.15) is 12.2 Å². The topological polar surface area (TPSA) is 63.3 Å². The maximum Gasteiger partial charge on any atom is 0.311 e. The Morgan fingerprint density at radius 1 is 1.26 bits per heavy atom. The van der Waals surface area contributed by atoms with Crippen LogP contribution in [-0.4, -0.2) is 16.1 Å². The van der Waals surface area contributed by atoms with Gasteiger partial charge in [-0.3, -0.25) is 4.79 Å². The van der Waals surface area contributed by atoms with Gasteiger partial charge in [0.05, 0.1) is 5.69 Å². The van der Waals surface area contributed by atoms with E-state index in [-0.39, 0.29) is 6.42 Å². The van der Waals surface area contributed by atoms with E-state index in [9.17, 15) is 4.79 Å². The first kappa shape index (κ1) is 13.3. The Morgan fingerprint density at radius 2 is 2.00 bits per heavy atom. The van der Waals surface area contributed by atoms with Gasteiger partial charge >= 0.3 is 5.97 Å². The highest BCUT2D eigenvalue weighted by Gasteiger charge is 2.12. The molecule has 1 aromatic carbocycles. The van der Waals surface area contributed by atoms with Gasteiger partial charge in [0.25, 0.3) is 0 Å². The molecule has 0 aliphatic heterocycles. The molecule has 19 heavy (non-hydrogen) atoms. The molecule has 0 unspecified atom stereocenters. The third-order valence-electron chi connectivity index (χ3n) is 3.12. The quantitative estimate of drug-likeness (QED) is 0.896. The van der Waals surface area contributed by atoms with Crippen molar-refractivity contribution in [3.63, 3.8) is 0 Å². The van der Waals surface area contributed by atoms with Crippen molar-refractivity contribution >= 4 is 5.97 Å². The first-order valence-corrected chi connectivity index (χ1v) is 6.27. The van der Waals surface area contributed by atoms with Crippen molar-refractivity contribution in [2.45, 2.75) is 33.1 Å². The van der Waals surface area contributed by atoms with E-state index >= 15 is 0 Å². The summed E-state index contributed by atoms with van der Waals surface area (Å²) < 4.78 is 5.49. The van der Waals surface area contributed by atoms with Crippen LogP contribution >= 0.6 is 0 Å². The first-order valence-electron chi connectivity index (χ1n) is 6.27. The molecule has 2 rings (SSSR count). The normalized spacial score (nSPS) is 10.6. The zero-order valence-corrected chi connectivity index (χ0v) is 11.1. The van der Waals surface area contributed by atoms with Gasteiger partial charge < -0.3 is 9.52 Å². The maximum absolute atomic E-state index is 10.7. The summed E-state index contributed by atoms with van der Waals surface area (Å²) in [6.45, 7) is 3.85. The number of rotatable bonds is 5. The number of carbonyl (C=O) groups is 1. The van der Waals surface area contributed by atoms with Crippen molar-refractivity contribution in [1.82, 2.24) is 4.98 Å². The number of hydrogen-bond acceptors (Lipinski definition) is 3. The van der Waals surface area contributed by atoms with Crippen LogP contribution in [0.2, 0.25) is 0 Å². The molecule has 0 atom stereocenters. The van der Waals surface area contributed by atoms with E-state index in [1.807, 2.05) is 12.1 Å². The minimum atomic E-state index is -0.898. The van der Waals surface area contributed by atoms with Crippen LogP contribution in [0.3, 0.4) is 0 Å². The zero-order valence-electron chi connectivity index (χ0n) is 11.1. The molecule has 1 heterocycles. The predicted molar refractivity (Wildman–Crippen MR) is 71.2 cm³/mol. The summed E-state index contributed by atoms with van der Waals surface area (Å²) in [5, 5.41) is 8.76. The molecule has 0 aliphatic rings. The minimum Gasteiger partial charge on any atom is -0.481 e. The lowest BCUT2D eigenvalue weighted by Crippen LogP contribution is -1.99. The molecule has 0 amide bonds. The number of benzene rings is 1. The maximum atomic E-state index is 10.7. The molecule has 0 spiro atoms. The van der Waals surface area contributed by atoms with E-state index in [0.29, 0.717) is 23.8 Å². The van der Waals surface area contributed by atoms with Crippen LogP contribution in [0.15, 0.2) is 28.7 Å². The molecule has 0 bridgehead atoms. The van der Waals surface area contributed by atoms with E-state index in [0.717, 1.165) is 6.42 Å². The van der Waals surface area contributed by atoms with Crippen molar-refractivity contribution in [3.8, 4) is 0 Å². The van der Waals surface area contributed by atoms with Gasteiger partial charge in [-0.1, -0.05) is 24.3 Å². The van der Waals surface area contributed by atoms with Gasteiger partial charge in [-0.2, -0.15) is 0 Å². The molecule has 0 saturated heterocycles. The van der Waals surface area contributed by atoms with E-state index in [1.165, 1.54) is 11.1 Å². The highest BCUT2D eigenvalue weighted by molar-refractivity contribution is 5.69. The molecule has 0 saturated carbocycles. The van der Waals surface area contributed by atoms with E-state index in [1.54, 1.807) is 6.92 Å². The number of aromatic nitrogens is 1. The number of nitrogens with zero attached hydrogens (tertiary/aromatic N) is 1. The number of carboxylic acids is 1. The SMILES string of the molecule is Cc1ccccc1CCc1nc(C)c(CC(=O)O)o1. The lowest BCUT2D eigenvalue weighted by molar-refractivity contribution is -0.136. The Bertz CT molecular complexity index is 587. The highest BCUT2D eigenvalue weighted by Crippen LogP contribution is 2.15. The molecular weight excluding hydrogens is 242 g/mol. The smallest absolute Gasteiger partial charge is 0.311 e. The number of aliphatic carboxylic acids is 1. The molecule has 4 nitrogen and oxygen atoms in total. The lowest BCUT2D eigenvalue weighted by Gasteiger charge is -2.02. The molecule has 4 heteroatoms. The van der Waals surface area contributed by atoms with Gasteiger partial charge in [0.15, 0.2) is 5.89 Å². The van der Waals surface area contributed by atoms with Crippen LogP contribution in [0.5, 0.6) is 0 Å². The van der Waals surface area contributed by atoms with Crippen molar-refractivity contribution in [3.05, 3.63) is 52.7 Å². The van der Waals surface area contributed by atoms with Crippen LogP contribution in [0, 0.1) is 13.8 Å². The lowest BCUT2D eigenvalue weighted by atomic mass is 10.0. The Labute approximate surface area is 112 Å². The standard InChI is InChI=1S/C15H17NO3/c1-10-5-3-4-6-12(10)7-8-14-16-11(2)13(19-14)9-15(17)18/h3-6H,7-9H2,1-2H3,(H,17,18). The molecule has 0 aliphatic carbocycles. The van der Waals surface area contributed by atoms with Gasteiger partial charge in [0.2, 0.25) is 0 Å². The van der Waals surface area contributed by atoms with Gasteiger partial charge in [-0.25, -0.2) is 4.98 Å². The highest BCUT2D eigenvalue weighted by atomic mass is 16.4. The Kier molecular flexibility index (Phi) is 4.00. The Morgan fingerprint density at radius 3 is 2.68 bits per heavy atom. The van der Waals surface area contributed by atoms with E-state index < -0.39 is 5.97 Å². The Hall–Kier alpha value is -2.10. The average molecular weight is 259 g/mol. The number of carboxylic acid groups (broad SMARTS) is 1. The second-order valence-electron chi connectivity index (χ2n) is 4.61. The number of oxazole rings is 1. The first-order chi connectivity index (χ1) is 9.06. The molecule has 0 radical (unpaired) electrons. The number of hydrogen-bond donors (Lipinski definition) is 1.